The van der Waals surface area contributed by atoms with Gasteiger partial charge in [0.05, 0.1) is 6.61 Å². The van der Waals surface area contributed by atoms with E-state index >= 15 is 0 Å². The lowest BCUT2D eigenvalue weighted by atomic mass is 9.87. The maximum atomic E-state index is 5.03. The van der Waals surface area contributed by atoms with Gasteiger partial charge in [0, 0.05) is 44.4 Å². The average Bonchev–Trinajstić information content (AvgIpc) is 2.92. The summed E-state index contributed by atoms with van der Waals surface area (Å²) in [6.07, 6.45) is 4.62. The summed E-state index contributed by atoms with van der Waals surface area (Å²) in [5.74, 6) is 1.70. The van der Waals surface area contributed by atoms with Gasteiger partial charge in [-0.05, 0) is 24.7 Å². The molecule has 4 nitrogen and oxygen atoms in total. The number of hydrogen-bond donors (Lipinski definition) is 1. The number of rotatable bonds is 7. The van der Waals surface area contributed by atoms with Gasteiger partial charge < -0.3 is 15.0 Å². The highest BCUT2D eigenvalue weighted by atomic mass is 32.1. The Labute approximate surface area is 126 Å². The van der Waals surface area contributed by atoms with Gasteiger partial charge in [-0.1, -0.05) is 13.8 Å². The number of methoxy groups -OCH3 is 1. The fourth-order valence-corrected chi connectivity index (χ4v) is 3.60. The molecule has 0 atom stereocenters. The molecule has 2 heterocycles. The van der Waals surface area contributed by atoms with Gasteiger partial charge in [-0.25, -0.2) is 4.98 Å². The molecule has 1 saturated heterocycles. The molecule has 0 radical (unpaired) electrons. The molecule has 1 aliphatic heterocycles. The Morgan fingerprint density at radius 2 is 2.20 bits per heavy atom. The van der Waals surface area contributed by atoms with E-state index in [2.05, 4.69) is 29.0 Å². The molecule has 0 bridgehead atoms. The predicted octanol–water partition coefficient (Wildman–Crippen LogP) is 2.75. The molecule has 20 heavy (non-hydrogen) atoms. The van der Waals surface area contributed by atoms with Crippen molar-refractivity contribution in [2.75, 3.05) is 38.3 Å². The van der Waals surface area contributed by atoms with Crippen LogP contribution in [0.5, 0.6) is 0 Å². The molecule has 0 spiro atoms. The van der Waals surface area contributed by atoms with E-state index in [1.807, 2.05) is 17.5 Å². The topological polar surface area (TPSA) is 37.4 Å². The van der Waals surface area contributed by atoms with Gasteiger partial charge in [-0.15, -0.1) is 11.3 Å². The standard InChI is InChI=1S/C15H27N3OS/c1-12(2)13-4-7-18(8-5-13)15-17-11-14(20-15)10-16-6-9-19-3/h11-13,16H,4-10H2,1-3H3. The van der Waals surface area contributed by atoms with Gasteiger partial charge in [0.1, 0.15) is 0 Å². The summed E-state index contributed by atoms with van der Waals surface area (Å²) in [7, 11) is 1.73. The number of piperidine rings is 1. The Balaban J connectivity index is 1.78. The van der Waals surface area contributed by atoms with Crippen LogP contribution >= 0.6 is 11.3 Å². The Morgan fingerprint density at radius 1 is 1.45 bits per heavy atom. The highest BCUT2D eigenvalue weighted by Gasteiger charge is 2.23. The van der Waals surface area contributed by atoms with Gasteiger partial charge in [0.15, 0.2) is 5.13 Å². The van der Waals surface area contributed by atoms with Crippen molar-refractivity contribution in [1.82, 2.24) is 10.3 Å². The number of nitrogens with one attached hydrogen (secondary N) is 1. The van der Waals surface area contributed by atoms with Crippen molar-refractivity contribution >= 4 is 16.5 Å². The Hall–Kier alpha value is -0.650. The number of nitrogens with zero attached hydrogens (tertiary/aromatic N) is 2. The Bertz CT molecular complexity index is 386. The summed E-state index contributed by atoms with van der Waals surface area (Å²) in [5, 5.41) is 4.56. The van der Waals surface area contributed by atoms with E-state index < -0.39 is 0 Å². The lowest BCUT2D eigenvalue weighted by Crippen LogP contribution is -2.35. The third-order valence-electron chi connectivity index (χ3n) is 4.08. The molecule has 1 aromatic heterocycles. The largest absolute Gasteiger partial charge is 0.383 e. The Kier molecular flexibility index (Phi) is 6.26. The minimum absolute atomic E-state index is 0.758. The van der Waals surface area contributed by atoms with Crippen molar-refractivity contribution in [3.8, 4) is 0 Å². The van der Waals surface area contributed by atoms with Crippen LogP contribution < -0.4 is 10.2 Å². The third-order valence-corrected chi connectivity index (χ3v) is 5.13. The second-order valence-electron chi connectivity index (χ2n) is 5.85. The van der Waals surface area contributed by atoms with Crippen molar-refractivity contribution in [3.63, 3.8) is 0 Å². The van der Waals surface area contributed by atoms with Crippen LogP contribution in [0.2, 0.25) is 0 Å². The molecule has 0 aliphatic carbocycles. The van der Waals surface area contributed by atoms with Gasteiger partial charge in [-0.2, -0.15) is 0 Å². The van der Waals surface area contributed by atoms with Crippen molar-refractivity contribution < 1.29 is 4.74 Å². The number of anilines is 1. The van der Waals surface area contributed by atoms with E-state index in [1.165, 1.54) is 22.9 Å². The highest BCUT2D eigenvalue weighted by molar-refractivity contribution is 7.15. The van der Waals surface area contributed by atoms with Crippen LogP contribution in [-0.2, 0) is 11.3 Å². The van der Waals surface area contributed by atoms with Crippen LogP contribution in [0.1, 0.15) is 31.6 Å². The molecule has 114 valence electrons. The summed E-state index contributed by atoms with van der Waals surface area (Å²) >= 11 is 1.82. The monoisotopic (exact) mass is 297 g/mol. The number of ether oxygens (including phenoxy) is 1. The second-order valence-corrected chi connectivity index (χ2v) is 6.94. The molecule has 0 aromatic carbocycles. The smallest absolute Gasteiger partial charge is 0.185 e. The maximum Gasteiger partial charge on any atom is 0.185 e. The highest BCUT2D eigenvalue weighted by Crippen LogP contribution is 2.30. The molecule has 2 rings (SSSR count). The minimum Gasteiger partial charge on any atom is -0.383 e. The van der Waals surface area contributed by atoms with Crippen molar-refractivity contribution in [3.05, 3.63) is 11.1 Å². The van der Waals surface area contributed by atoms with E-state index in [0.717, 1.165) is 44.6 Å². The van der Waals surface area contributed by atoms with Crippen LogP contribution in [-0.4, -0.2) is 38.3 Å². The second kappa shape index (κ2) is 7.96. The molecule has 5 heteroatoms. The number of aromatic nitrogens is 1. The zero-order chi connectivity index (χ0) is 14.4. The van der Waals surface area contributed by atoms with E-state index in [-0.39, 0.29) is 0 Å². The van der Waals surface area contributed by atoms with Crippen LogP contribution in [0, 0.1) is 11.8 Å². The van der Waals surface area contributed by atoms with Crippen LogP contribution in [0.15, 0.2) is 6.20 Å². The van der Waals surface area contributed by atoms with Gasteiger partial charge in [0.2, 0.25) is 0 Å². The molecule has 1 aliphatic rings. The van der Waals surface area contributed by atoms with Crippen molar-refractivity contribution in [2.45, 2.75) is 33.2 Å². The average molecular weight is 297 g/mol. The molecule has 0 amide bonds. The van der Waals surface area contributed by atoms with Gasteiger partial charge in [0.25, 0.3) is 0 Å². The van der Waals surface area contributed by atoms with Crippen LogP contribution in [0.4, 0.5) is 5.13 Å². The van der Waals surface area contributed by atoms with E-state index in [0.29, 0.717) is 0 Å². The first-order valence-corrected chi connectivity index (χ1v) is 8.41. The third kappa shape index (κ3) is 4.43. The summed E-state index contributed by atoms with van der Waals surface area (Å²) < 4.78 is 5.03. The van der Waals surface area contributed by atoms with Crippen LogP contribution in [0.3, 0.4) is 0 Å². The van der Waals surface area contributed by atoms with Crippen molar-refractivity contribution in [1.29, 1.82) is 0 Å². The number of hydrogen-bond acceptors (Lipinski definition) is 5. The lowest BCUT2D eigenvalue weighted by molar-refractivity contribution is 0.199. The minimum atomic E-state index is 0.758. The predicted molar refractivity (Wildman–Crippen MR) is 85.5 cm³/mol. The van der Waals surface area contributed by atoms with Gasteiger partial charge >= 0.3 is 0 Å². The van der Waals surface area contributed by atoms with E-state index in [9.17, 15) is 0 Å². The van der Waals surface area contributed by atoms with Gasteiger partial charge in [-0.3, -0.25) is 0 Å². The fourth-order valence-electron chi connectivity index (χ4n) is 2.67. The lowest BCUT2D eigenvalue weighted by Gasteiger charge is -2.33. The molecule has 0 saturated carbocycles. The SMILES string of the molecule is COCCNCc1cnc(N2CCC(C(C)C)CC2)s1. The van der Waals surface area contributed by atoms with E-state index in [1.54, 1.807) is 7.11 Å². The zero-order valence-corrected chi connectivity index (χ0v) is 13.7. The summed E-state index contributed by atoms with van der Waals surface area (Å²) in [5.41, 5.74) is 0. The maximum absolute atomic E-state index is 5.03. The quantitative estimate of drug-likeness (QED) is 0.785. The first-order chi connectivity index (χ1) is 9.70. The number of thiazole rings is 1. The fraction of sp³-hybridized carbons (Fsp3) is 0.800. The summed E-state index contributed by atoms with van der Waals surface area (Å²) in [6.45, 7) is 9.54. The first-order valence-electron chi connectivity index (χ1n) is 7.60. The molecular formula is C15H27N3OS. The molecule has 1 fully saturated rings. The zero-order valence-electron chi connectivity index (χ0n) is 12.9. The summed E-state index contributed by atoms with van der Waals surface area (Å²) in [4.78, 5) is 8.34. The first kappa shape index (κ1) is 15.7. The molecule has 1 aromatic rings. The van der Waals surface area contributed by atoms with Crippen LogP contribution in [0.25, 0.3) is 0 Å². The van der Waals surface area contributed by atoms with E-state index in [4.69, 9.17) is 4.74 Å². The molecular weight excluding hydrogens is 270 g/mol. The van der Waals surface area contributed by atoms with Crippen molar-refractivity contribution in [2.24, 2.45) is 11.8 Å². The Morgan fingerprint density at radius 3 is 2.85 bits per heavy atom. The molecule has 0 unspecified atom stereocenters. The molecule has 1 N–H and O–H groups in total. The normalized spacial score (nSPS) is 17.1. The summed E-state index contributed by atoms with van der Waals surface area (Å²) in [6, 6.07) is 0.